The minimum atomic E-state index is -0.297. The van der Waals surface area contributed by atoms with E-state index < -0.39 is 0 Å². The number of fused-ring (bicyclic) bond motifs is 1. The fraction of sp³-hybridized carbons (Fsp3) is 0.400. The molecule has 1 aromatic carbocycles. The zero-order chi connectivity index (χ0) is 19.4. The lowest BCUT2D eigenvalue weighted by atomic mass is 10.1. The molecule has 0 bridgehead atoms. The first-order chi connectivity index (χ1) is 13.1. The second kappa shape index (κ2) is 8.43. The second-order valence-electron chi connectivity index (χ2n) is 5.97. The first kappa shape index (κ1) is 19.2. The lowest BCUT2D eigenvalue weighted by Gasteiger charge is -2.12. The van der Waals surface area contributed by atoms with Gasteiger partial charge in [0.15, 0.2) is 11.5 Å². The number of nitrogens with zero attached hydrogens (tertiary/aromatic N) is 1. The molecule has 6 nitrogen and oxygen atoms in total. The van der Waals surface area contributed by atoms with Crippen LogP contribution in [0.5, 0.6) is 17.2 Å². The minimum absolute atomic E-state index is 0.297. The van der Waals surface area contributed by atoms with E-state index in [2.05, 4.69) is 4.99 Å². The molecule has 0 saturated heterocycles. The topological polar surface area (TPSA) is 66.4 Å². The van der Waals surface area contributed by atoms with Gasteiger partial charge in [0.1, 0.15) is 5.00 Å². The first-order valence-corrected chi connectivity index (χ1v) is 9.60. The molecule has 27 heavy (non-hydrogen) atoms. The van der Waals surface area contributed by atoms with E-state index in [1.807, 2.05) is 19.1 Å². The van der Waals surface area contributed by atoms with Crippen LogP contribution >= 0.6 is 11.3 Å². The number of methoxy groups -OCH3 is 3. The predicted molar refractivity (Wildman–Crippen MR) is 106 cm³/mol. The number of benzene rings is 1. The monoisotopic (exact) mass is 389 g/mol. The largest absolute Gasteiger partial charge is 0.493 e. The average Bonchev–Trinajstić information content (AvgIpc) is 3.26. The Balaban J connectivity index is 1.98. The molecule has 0 N–H and O–H groups in total. The Hall–Kier alpha value is -2.54. The van der Waals surface area contributed by atoms with Crippen molar-refractivity contribution >= 4 is 28.5 Å². The van der Waals surface area contributed by atoms with E-state index in [1.165, 1.54) is 4.88 Å². The lowest BCUT2D eigenvalue weighted by molar-refractivity contribution is 0.0527. The third kappa shape index (κ3) is 3.78. The van der Waals surface area contributed by atoms with E-state index in [4.69, 9.17) is 18.9 Å². The molecule has 0 aliphatic heterocycles. The van der Waals surface area contributed by atoms with Crippen LogP contribution in [-0.2, 0) is 17.6 Å². The van der Waals surface area contributed by atoms with Crippen LogP contribution in [0, 0.1) is 0 Å². The van der Waals surface area contributed by atoms with Crippen LogP contribution in [-0.4, -0.2) is 40.1 Å². The van der Waals surface area contributed by atoms with Gasteiger partial charge in [-0.15, -0.1) is 11.3 Å². The Kier molecular flexibility index (Phi) is 6.01. The molecule has 0 unspecified atom stereocenters. The number of hydrogen-bond acceptors (Lipinski definition) is 7. The summed E-state index contributed by atoms with van der Waals surface area (Å²) < 4.78 is 21.3. The number of thiophene rings is 1. The molecule has 1 heterocycles. The Bertz CT molecular complexity index is 846. The third-order valence-corrected chi connectivity index (χ3v) is 5.60. The van der Waals surface area contributed by atoms with Gasteiger partial charge in [0.05, 0.1) is 33.5 Å². The highest BCUT2D eigenvalue weighted by Crippen LogP contribution is 2.42. The third-order valence-electron chi connectivity index (χ3n) is 4.40. The number of hydrogen-bond donors (Lipinski definition) is 0. The van der Waals surface area contributed by atoms with Crippen LogP contribution in [0.4, 0.5) is 5.00 Å². The second-order valence-corrected chi connectivity index (χ2v) is 7.06. The summed E-state index contributed by atoms with van der Waals surface area (Å²) in [5.41, 5.74) is 2.49. The van der Waals surface area contributed by atoms with Crippen molar-refractivity contribution in [3.8, 4) is 17.2 Å². The van der Waals surface area contributed by atoms with Gasteiger partial charge in [-0.05, 0) is 43.9 Å². The van der Waals surface area contributed by atoms with Crippen molar-refractivity contribution in [1.29, 1.82) is 0 Å². The summed E-state index contributed by atoms with van der Waals surface area (Å²) in [4.78, 5) is 18.3. The van der Waals surface area contributed by atoms with Gasteiger partial charge in [-0.25, -0.2) is 9.79 Å². The van der Waals surface area contributed by atoms with E-state index in [0.717, 1.165) is 30.4 Å². The maximum absolute atomic E-state index is 12.4. The van der Waals surface area contributed by atoms with Crippen LogP contribution < -0.4 is 14.2 Å². The lowest BCUT2D eigenvalue weighted by Crippen LogP contribution is -2.06. The van der Waals surface area contributed by atoms with Gasteiger partial charge in [0.2, 0.25) is 5.75 Å². The molecule has 0 saturated carbocycles. The highest BCUT2D eigenvalue weighted by molar-refractivity contribution is 7.16. The molecule has 2 aromatic rings. The summed E-state index contributed by atoms with van der Waals surface area (Å²) in [6.45, 7) is 2.16. The summed E-state index contributed by atoms with van der Waals surface area (Å²) in [6.07, 6.45) is 4.67. The van der Waals surface area contributed by atoms with Crippen LogP contribution in [0.15, 0.2) is 17.1 Å². The van der Waals surface area contributed by atoms with E-state index in [-0.39, 0.29) is 5.97 Å². The van der Waals surface area contributed by atoms with Gasteiger partial charge < -0.3 is 18.9 Å². The molecule has 0 spiro atoms. The van der Waals surface area contributed by atoms with E-state index in [0.29, 0.717) is 34.4 Å². The van der Waals surface area contributed by atoms with Gasteiger partial charge in [-0.1, -0.05) is 0 Å². The fourth-order valence-electron chi connectivity index (χ4n) is 3.20. The Morgan fingerprint density at radius 3 is 2.44 bits per heavy atom. The molecule has 1 aliphatic carbocycles. The molecule has 0 radical (unpaired) electrons. The Labute approximate surface area is 162 Å². The number of ether oxygens (including phenoxy) is 4. The van der Waals surface area contributed by atoms with Crippen molar-refractivity contribution in [3.63, 3.8) is 0 Å². The maximum atomic E-state index is 12.4. The molecular weight excluding hydrogens is 366 g/mol. The Morgan fingerprint density at radius 2 is 1.85 bits per heavy atom. The van der Waals surface area contributed by atoms with E-state index >= 15 is 0 Å². The quantitative estimate of drug-likeness (QED) is 0.525. The standard InChI is InChI=1S/C20H23NO5S/c1-5-26-20(22)17-13-7-6-8-16(13)27-19(17)21-11-12-9-14(23-2)18(25-4)15(10-12)24-3/h9-11H,5-8H2,1-4H3/b21-11+. The Morgan fingerprint density at radius 1 is 1.15 bits per heavy atom. The summed E-state index contributed by atoms with van der Waals surface area (Å²) in [6, 6.07) is 3.63. The summed E-state index contributed by atoms with van der Waals surface area (Å²) in [5, 5.41) is 0.687. The van der Waals surface area contributed by atoms with Crippen molar-refractivity contribution in [3.05, 3.63) is 33.7 Å². The smallest absolute Gasteiger partial charge is 0.341 e. The van der Waals surface area contributed by atoms with Gasteiger partial charge in [0, 0.05) is 16.7 Å². The van der Waals surface area contributed by atoms with E-state index in [1.54, 1.807) is 38.9 Å². The highest BCUT2D eigenvalue weighted by Gasteiger charge is 2.27. The zero-order valence-corrected chi connectivity index (χ0v) is 16.8. The summed E-state index contributed by atoms with van der Waals surface area (Å²) in [7, 11) is 4.70. The van der Waals surface area contributed by atoms with Crippen molar-refractivity contribution in [2.45, 2.75) is 26.2 Å². The first-order valence-electron chi connectivity index (χ1n) is 8.78. The molecule has 1 aliphatic rings. The number of rotatable bonds is 7. The molecule has 0 fully saturated rings. The van der Waals surface area contributed by atoms with Crippen LogP contribution in [0.25, 0.3) is 0 Å². The van der Waals surface area contributed by atoms with Crippen molar-refractivity contribution < 1.29 is 23.7 Å². The molecule has 0 amide bonds. The molecule has 7 heteroatoms. The normalized spacial score (nSPS) is 12.9. The fourth-order valence-corrected chi connectivity index (χ4v) is 4.42. The maximum Gasteiger partial charge on any atom is 0.341 e. The van der Waals surface area contributed by atoms with Gasteiger partial charge >= 0.3 is 5.97 Å². The highest BCUT2D eigenvalue weighted by atomic mass is 32.1. The number of aryl methyl sites for hydroxylation is 1. The molecule has 3 rings (SSSR count). The predicted octanol–water partition coefficient (Wildman–Crippen LogP) is 4.19. The number of carbonyl (C=O) groups excluding carboxylic acids is 1. The average molecular weight is 389 g/mol. The van der Waals surface area contributed by atoms with Crippen LogP contribution in [0.2, 0.25) is 0 Å². The molecular formula is C20H23NO5S. The van der Waals surface area contributed by atoms with E-state index in [9.17, 15) is 4.79 Å². The van der Waals surface area contributed by atoms with Crippen molar-refractivity contribution in [1.82, 2.24) is 0 Å². The van der Waals surface area contributed by atoms with Gasteiger partial charge in [-0.2, -0.15) is 0 Å². The minimum Gasteiger partial charge on any atom is -0.493 e. The number of esters is 1. The molecule has 144 valence electrons. The van der Waals surface area contributed by atoms with Crippen molar-refractivity contribution in [2.24, 2.45) is 4.99 Å². The zero-order valence-electron chi connectivity index (χ0n) is 16.0. The molecule has 0 atom stereocenters. The summed E-state index contributed by atoms with van der Waals surface area (Å²) in [5.74, 6) is 1.34. The van der Waals surface area contributed by atoms with Crippen LogP contribution in [0.3, 0.4) is 0 Å². The number of aliphatic imine (C=N–C) groups is 1. The van der Waals surface area contributed by atoms with Gasteiger partial charge in [-0.3, -0.25) is 0 Å². The van der Waals surface area contributed by atoms with Crippen molar-refractivity contribution in [2.75, 3.05) is 27.9 Å². The summed E-state index contributed by atoms with van der Waals surface area (Å²) >= 11 is 1.56. The molecule has 1 aromatic heterocycles. The SMILES string of the molecule is CCOC(=O)c1c(/N=C/c2cc(OC)c(OC)c(OC)c2)sc2c1CCC2. The number of carbonyl (C=O) groups is 1. The van der Waals surface area contributed by atoms with Gasteiger partial charge in [0.25, 0.3) is 0 Å². The van der Waals surface area contributed by atoms with Crippen LogP contribution in [0.1, 0.15) is 39.7 Å².